The SMILES string of the molecule is COc1cc2c(cc1OC)C(N)C(O)C2. The number of rotatable bonds is 2. The van der Waals surface area contributed by atoms with Gasteiger partial charge in [0.05, 0.1) is 26.4 Å². The highest BCUT2D eigenvalue weighted by Gasteiger charge is 2.29. The summed E-state index contributed by atoms with van der Waals surface area (Å²) in [5, 5.41) is 9.64. The second kappa shape index (κ2) is 3.72. The van der Waals surface area contributed by atoms with Crippen molar-refractivity contribution in [3.63, 3.8) is 0 Å². The van der Waals surface area contributed by atoms with Gasteiger partial charge in [-0.25, -0.2) is 0 Å². The molecule has 1 aromatic carbocycles. The van der Waals surface area contributed by atoms with E-state index in [-0.39, 0.29) is 6.04 Å². The third kappa shape index (κ3) is 1.56. The van der Waals surface area contributed by atoms with Crippen LogP contribution in [-0.2, 0) is 6.42 Å². The molecule has 82 valence electrons. The zero-order valence-electron chi connectivity index (χ0n) is 8.86. The smallest absolute Gasteiger partial charge is 0.161 e. The molecule has 0 bridgehead atoms. The van der Waals surface area contributed by atoms with Crippen molar-refractivity contribution in [1.82, 2.24) is 0 Å². The molecule has 1 aromatic rings. The van der Waals surface area contributed by atoms with Gasteiger partial charge in [0, 0.05) is 6.42 Å². The summed E-state index contributed by atoms with van der Waals surface area (Å²) in [5.74, 6) is 1.33. The van der Waals surface area contributed by atoms with Crippen molar-refractivity contribution >= 4 is 0 Å². The number of aliphatic hydroxyl groups is 1. The first-order valence-electron chi connectivity index (χ1n) is 4.85. The van der Waals surface area contributed by atoms with E-state index in [1.165, 1.54) is 0 Å². The lowest BCUT2D eigenvalue weighted by molar-refractivity contribution is 0.158. The molecule has 2 rings (SSSR count). The predicted octanol–water partition coefficient (Wildman–Crippen LogP) is 0.621. The molecule has 4 nitrogen and oxygen atoms in total. The van der Waals surface area contributed by atoms with Crippen LogP contribution in [0.25, 0.3) is 0 Å². The summed E-state index contributed by atoms with van der Waals surface area (Å²) in [6, 6.07) is 3.40. The monoisotopic (exact) mass is 209 g/mol. The van der Waals surface area contributed by atoms with Gasteiger partial charge >= 0.3 is 0 Å². The number of hydrogen-bond acceptors (Lipinski definition) is 4. The average molecular weight is 209 g/mol. The minimum Gasteiger partial charge on any atom is -0.493 e. The first-order valence-corrected chi connectivity index (χ1v) is 4.85. The Labute approximate surface area is 88.6 Å². The molecule has 0 saturated heterocycles. The van der Waals surface area contributed by atoms with Gasteiger partial charge in [-0.05, 0) is 23.3 Å². The van der Waals surface area contributed by atoms with E-state index in [2.05, 4.69) is 0 Å². The molecule has 0 heterocycles. The third-order valence-electron chi connectivity index (χ3n) is 2.85. The van der Waals surface area contributed by atoms with Gasteiger partial charge in [0.25, 0.3) is 0 Å². The quantitative estimate of drug-likeness (QED) is 0.749. The van der Waals surface area contributed by atoms with Gasteiger partial charge in [0.1, 0.15) is 0 Å². The van der Waals surface area contributed by atoms with Crippen molar-refractivity contribution in [3.05, 3.63) is 23.3 Å². The van der Waals surface area contributed by atoms with E-state index >= 15 is 0 Å². The lowest BCUT2D eigenvalue weighted by atomic mass is 10.1. The van der Waals surface area contributed by atoms with Crippen LogP contribution in [-0.4, -0.2) is 25.4 Å². The van der Waals surface area contributed by atoms with Crippen LogP contribution < -0.4 is 15.2 Å². The van der Waals surface area contributed by atoms with E-state index in [9.17, 15) is 5.11 Å². The number of fused-ring (bicyclic) bond motifs is 1. The van der Waals surface area contributed by atoms with E-state index in [1.54, 1.807) is 14.2 Å². The van der Waals surface area contributed by atoms with Crippen molar-refractivity contribution < 1.29 is 14.6 Å². The molecule has 4 heteroatoms. The van der Waals surface area contributed by atoms with Crippen molar-refractivity contribution in [2.24, 2.45) is 5.73 Å². The van der Waals surface area contributed by atoms with Crippen molar-refractivity contribution in [1.29, 1.82) is 0 Å². The van der Waals surface area contributed by atoms with Gasteiger partial charge in [-0.15, -0.1) is 0 Å². The molecule has 0 aliphatic heterocycles. The predicted molar refractivity (Wildman–Crippen MR) is 56.2 cm³/mol. The molecule has 0 amide bonds. The van der Waals surface area contributed by atoms with Gasteiger partial charge in [0.15, 0.2) is 11.5 Å². The molecular weight excluding hydrogens is 194 g/mol. The van der Waals surface area contributed by atoms with E-state index in [0.717, 1.165) is 11.1 Å². The number of ether oxygens (including phenoxy) is 2. The summed E-state index contributed by atoms with van der Waals surface area (Å²) in [6.45, 7) is 0. The average Bonchev–Trinajstić information content (AvgIpc) is 2.53. The second-order valence-electron chi connectivity index (χ2n) is 3.70. The molecular formula is C11H15NO3. The molecule has 0 radical (unpaired) electrons. The maximum absolute atomic E-state index is 9.64. The summed E-state index contributed by atoms with van der Waals surface area (Å²) in [6.07, 6.45) is 0.0773. The first kappa shape index (κ1) is 10.3. The zero-order chi connectivity index (χ0) is 11.0. The number of nitrogens with two attached hydrogens (primary N) is 1. The zero-order valence-corrected chi connectivity index (χ0v) is 8.86. The van der Waals surface area contributed by atoms with Crippen LogP contribution in [0.15, 0.2) is 12.1 Å². The molecule has 1 aliphatic rings. The van der Waals surface area contributed by atoms with Crippen molar-refractivity contribution in [3.8, 4) is 11.5 Å². The summed E-state index contributed by atoms with van der Waals surface area (Å²) in [4.78, 5) is 0. The molecule has 2 atom stereocenters. The minimum absolute atomic E-state index is 0.320. The van der Waals surface area contributed by atoms with Gasteiger partial charge in [-0.3, -0.25) is 0 Å². The Morgan fingerprint density at radius 2 is 1.87 bits per heavy atom. The molecule has 15 heavy (non-hydrogen) atoms. The van der Waals surface area contributed by atoms with Crippen LogP contribution in [0.5, 0.6) is 11.5 Å². The topological polar surface area (TPSA) is 64.7 Å². The Kier molecular flexibility index (Phi) is 2.54. The van der Waals surface area contributed by atoms with E-state index in [0.29, 0.717) is 17.9 Å². The van der Waals surface area contributed by atoms with Crippen LogP contribution >= 0.6 is 0 Å². The molecule has 2 unspecified atom stereocenters. The fraction of sp³-hybridized carbons (Fsp3) is 0.455. The fourth-order valence-electron chi connectivity index (χ4n) is 1.98. The largest absolute Gasteiger partial charge is 0.493 e. The first-order chi connectivity index (χ1) is 7.17. The normalized spacial score (nSPS) is 23.7. The summed E-state index contributed by atoms with van der Waals surface area (Å²) in [5.41, 5.74) is 7.84. The Bertz CT molecular complexity index is 378. The Balaban J connectivity index is 2.48. The van der Waals surface area contributed by atoms with Crippen LogP contribution in [0.1, 0.15) is 17.2 Å². The Hall–Kier alpha value is -1.26. The molecule has 0 saturated carbocycles. The molecule has 1 aliphatic carbocycles. The number of aliphatic hydroxyl groups excluding tert-OH is 1. The van der Waals surface area contributed by atoms with Gasteiger partial charge in [-0.2, -0.15) is 0 Å². The van der Waals surface area contributed by atoms with E-state index in [1.807, 2.05) is 12.1 Å². The molecule has 3 N–H and O–H groups in total. The number of methoxy groups -OCH3 is 2. The lowest BCUT2D eigenvalue weighted by Gasteiger charge is -2.12. The second-order valence-corrected chi connectivity index (χ2v) is 3.70. The summed E-state index contributed by atoms with van der Waals surface area (Å²) >= 11 is 0. The van der Waals surface area contributed by atoms with Crippen molar-refractivity contribution in [2.75, 3.05) is 14.2 Å². The summed E-state index contributed by atoms with van der Waals surface area (Å²) < 4.78 is 10.4. The number of benzene rings is 1. The van der Waals surface area contributed by atoms with Crippen LogP contribution in [0.3, 0.4) is 0 Å². The van der Waals surface area contributed by atoms with E-state index in [4.69, 9.17) is 15.2 Å². The van der Waals surface area contributed by atoms with Crippen LogP contribution in [0.2, 0.25) is 0 Å². The fourth-order valence-corrected chi connectivity index (χ4v) is 1.98. The lowest BCUT2D eigenvalue weighted by Crippen LogP contribution is -2.21. The number of hydrogen-bond donors (Lipinski definition) is 2. The summed E-state index contributed by atoms with van der Waals surface area (Å²) in [7, 11) is 3.18. The Morgan fingerprint density at radius 3 is 2.47 bits per heavy atom. The van der Waals surface area contributed by atoms with Crippen molar-refractivity contribution in [2.45, 2.75) is 18.6 Å². The maximum Gasteiger partial charge on any atom is 0.161 e. The van der Waals surface area contributed by atoms with Gasteiger partial charge < -0.3 is 20.3 Å². The standard InChI is InChI=1S/C11H15NO3/c1-14-9-4-6-3-8(13)11(12)7(6)5-10(9)15-2/h4-5,8,11,13H,3,12H2,1-2H3. The van der Waals surface area contributed by atoms with E-state index < -0.39 is 6.10 Å². The highest BCUT2D eigenvalue weighted by molar-refractivity contribution is 5.50. The molecule has 0 spiro atoms. The molecule has 0 aromatic heterocycles. The highest BCUT2D eigenvalue weighted by atomic mass is 16.5. The third-order valence-corrected chi connectivity index (χ3v) is 2.85. The van der Waals surface area contributed by atoms with Crippen LogP contribution in [0.4, 0.5) is 0 Å². The van der Waals surface area contributed by atoms with Crippen LogP contribution in [0, 0.1) is 0 Å². The van der Waals surface area contributed by atoms with Gasteiger partial charge in [0.2, 0.25) is 0 Å². The minimum atomic E-state index is -0.503. The Morgan fingerprint density at radius 1 is 1.27 bits per heavy atom. The van der Waals surface area contributed by atoms with Gasteiger partial charge in [-0.1, -0.05) is 0 Å². The highest BCUT2D eigenvalue weighted by Crippen LogP contribution is 2.38. The maximum atomic E-state index is 9.64. The molecule has 0 fully saturated rings.